The van der Waals surface area contributed by atoms with Crippen molar-refractivity contribution in [1.82, 2.24) is 15.6 Å². The van der Waals surface area contributed by atoms with Gasteiger partial charge in [-0.2, -0.15) is 0 Å². The zero-order chi connectivity index (χ0) is 10.7. The third-order valence-corrected chi connectivity index (χ3v) is 2.60. The Balaban J connectivity index is 0.00000128. The summed E-state index contributed by atoms with van der Waals surface area (Å²) in [6.07, 6.45) is 1.47. The molecule has 2 N–H and O–H groups in total. The molecule has 2 rings (SSSR count). The number of aromatic nitrogens is 1. The highest BCUT2D eigenvalue weighted by atomic mass is 35.5. The number of pyridine rings is 1. The molecule has 1 fully saturated rings. The smallest absolute Gasteiger partial charge is 0.269 e. The maximum Gasteiger partial charge on any atom is 0.269 e. The molecule has 0 bridgehead atoms. The van der Waals surface area contributed by atoms with Crippen LogP contribution in [0.1, 0.15) is 10.5 Å². The molecule has 0 aromatic carbocycles. The van der Waals surface area contributed by atoms with Crippen molar-refractivity contribution >= 4 is 42.3 Å². The van der Waals surface area contributed by atoms with Crippen molar-refractivity contribution < 1.29 is 4.79 Å². The average molecular weight is 299 g/mol. The van der Waals surface area contributed by atoms with E-state index < -0.39 is 0 Å². The van der Waals surface area contributed by atoms with Crippen molar-refractivity contribution in [2.45, 2.75) is 0 Å². The van der Waals surface area contributed by atoms with Crippen LogP contribution in [0.25, 0.3) is 0 Å². The number of carbonyl (C=O) groups is 1. The van der Waals surface area contributed by atoms with Crippen LogP contribution < -0.4 is 10.6 Å². The zero-order valence-electron chi connectivity index (χ0n) is 8.98. The van der Waals surface area contributed by atoms with Crippen LogP contribution in [0.15, 0.2) is 18.3 Å². The van der Waals surface area contributed by atoms with Crippen molar-refractivity contribution in [2.24, 2.45) is 5.92 Å². The van der Waals surface area contributed by atoms with Gasteiger partial charge in [0.1, 0.15) is 5.69 Å². The predicted molar refractivity (Wildman–Crippen MR) is 72.4 cm³/mol. The molecule has 0 aliphatic carbocycles. The molecule has 1 aromatic rings. The van der Waals surface area contributed by atoms with Gasteiger partial charge in [-0.25, -0.2) is 4.98 Å². The standard InChI is InChI=1S/C10H12ClN3O.2ClH/c11-8-1-2-9(13-6-8)10(15)14-5-7-3-12-4-7;;/h1-2,6-7,12H,3-5H2,(H,14,15);2*1H. The normalized spacial score (nSPS) is 13.9. The minimum Gasteiger partial charge on any atom is -0.350 e. The van der Waals surface area contributed by atoms with Crippen molar-refractivity contribution in [3.63, 3.8) is 0 Å². The number of nitrogens with one attached hydrogen (secondary N) is 2. The summed E-state index contributed by atoms with van der Waals surface area (Å²) in [5.74, 6) is 0.416. The molecule has 1 saturated heterocycles. The van der Waals surface area contributed by atoms with Crippen LogP contribution in [0.3, 0.4) is 0 Å². The Bertz CT molecular complexity index is 354. The van der Waals surface area contributed by atoms with Crippen LogP contribution in [0, 0.1) is 5.92 Å². The molecule has 4 nitrogen and oxygen atoms in total. The number of halogens is 3. The van der Waals surface area contributed by atoms with Crippen LogP contribution in [-0.4, -0.2) is 30.5 Å². The lowest BCUT2D eigenvalue weighted by Gasteiger charge is -2.26. The highest BCUT2D eigenvalue weighted by molar-refractivity contribution is 6.30. The molecule has 96 valence electrons. The monoisotopic (exact) mass is 297 g/mol. The Morgan fingerprint density at radius 1 is 1.47 bits per heavy atom. The third-order valence-electron chi connectivity index (χ3n) is 2.38. The summed E-state index contributed by atoms with van der Waals surface area (Å²) in [5, 5.41) is 6.52. The quantitative estimate of drug-likeness (QED) is 0.890. The molecule has 0 unspecified atom stereocenters. The fourth-order valence-electron chi connectivity index (χ4n) is 1.33. The topological polar surface area (TPSA) is 54.0 Å². The summed E-state index contributed by atoms with van der Waals surface area (Å²) in [6, 6.07) is 3.28. The first kappa shape index (κ1) is 16.4. The summed E-state index contributed by atoms with van der Waals surface area (Å²) in [7, 11) is 0. The van der Waals surface area contributed by atoms with Gasteiger partial charge in [0, 0.05) is 31.7 Å². The minimum atomic E-state index is -0.140. The first-order valence-electron chi connectivity index (χ1n) is 4.86. The Morgan fingerprint density at radius 2 is 2.18 bits per heavy atom. The van der Waals surface area contributed by atoms with E-state index in [-0.39, 0.29) is 30.7 Å². The highest BCUT2D eigenvalue weighted by Crippen LogP contribution is 2.06. The summed E-state index contributed by atoms with van der Waals surface area (Å²) in [4.78, 5) is 15.5. The number of hydrogen-bond acceptors (Lipinski definition) is 3. The largest absolute Gasteiger partial charge is 0.350 e. The lowest BCUT2D eigenvalue weighted by molar-refractivity contribution is 0.0937. The van der Waals surface area contributed by atoms with Crippen molar-refractivity contribution in [3.05, 3.63) is 29.0 Å². The highest BCUT2D eigenvalue weighted by Gasteiger charge is 2.17. The molecule has 2 heterocycles. The van der Waals surface area contributed by atoms with E-state index in [9.17, 15) is 4.79 Å². The van der Waals surface area contributed by atoms with E-state index in [1.165, 1.54) is 6.20 Å². The van der Waals surface area contributed by atoms with E-state index in [0.29, 0.717) is 23.2 Å². The fourth-order valence-corrected chi connectivity index (χ4v) is 1.44. The number of rotatable bonds is 3. The van der Waals surface area contributed by atoms with Crippen molar-refractivity contribution in [3.8, 4) is 0 Å². The summed E-state index contributed by atoms with van der Waals surface area (Å²) < 4.78 is 0. The van der Waals surface area contributed by atoms with Crippen molar-refractivity contribution in [1.29, 1.82) is 0 Å². The second-order valence-corrected chi connectivity index (χ2v) is 4.03. The summed E-state index contributed by atoms with van der Waals surface area (Å²) >= 11 is 5.67. The second kappa shape index (κ2) is 7.71. The molecule has 0 radical (unpaired) electrons. The molecule has 17 heavy (non-hydrogen) atoms. The van der Waals surface area contributed by atoms with E-state index in [0.717, 1.165) is 13.1 Å². The second-order valence-electron chi connectivity index (χ2n) is 3.60. The molecular formula is C10H14Cl3N3O. The molecule has 1 amide bonds. The average Bonchev–Trinajstić information content (AvgIpc) is 2.16. The first-order valence-corrected chi connectivity index (χ1v) is 5.24. The predicted octanol–water partition coefficient (Wildman–Crippen LogP) is 1.53. The maximum atomic E-state index is 11.6. The van der Waals surface area contributed by atoms with Gasteiger partial charge in [-0.3, -0.25) is 4.79 Å². The molecule has 1 aromatic heterocycles. The Labute approximate surface area is 117 Å². The minimum absolute atomic E-state index is 0. The first-order chi connectivity index (χ1) is 7.25. The van der Waals surface area contributed by atoms with Gasteiger partial charge < -0.3 is 10.6 Å². The van der Waals surface area contributed by atoms with Crippen LogP contribution in [0.5, 0.6) is 0 Å². The van der Waals surface area contributed by atoms with Gasteiger partial charge in [-0.15, -0.1) is 24.8 Å². The number of amides is 1. The van der Waals surface area contributed by atoms with Crippen molar-refractivity contribution in [2.75, 3.05) is 19.6 Å². The molecule has 1 aliphatic heterocycles. The molecule has 0 saturated carbocycles. The number of hydrogen-bond donors (Lipinski definition) is 2. The molecule has 1 aliphatic rings. The van der Waals surface area contributed by atoms with Gasteiger partial charge in [-0.1, -0.05) is 11.6 Å². The lowest BCUT2D eigenvalue weighted by atomic mass is 10.0. The van der Waals surface area contributed by atoms with Crippen LogP contribution in [0.2, 0.25) is 5.02 Å². The molecular weight excluding hydrogens is 284 g/mol. The van der Waals surface area contributed by atoms with E-state index in [1.54, 1.807) is 12.1 Å². The molecule has 0 atom stereocenters. The van der Waals surface area contributed by atoms with E-state index >= 15 is 0 Å². The Kier molecular flexibility index (Phi) is 7.46. The van der Waals surface area contributed by atoms with Gasteiger partial charge in [0.25, 0.3) is 5.91 Å². The zero-order valence-corrected chi connectivity index (χ0v) is 11.4. The summed E-state index contributed by atoms with van der Waals surface area (Å²) in [5.41, 5.74) is 0.409. The Morgan fingerprint density at radius 3 is 2.65 bits per heavy atom. The van der Waals surface area contributed by atoms with Gasteiger partial charge in [0.05, 0.1) is 5.02 Å². The van der Waals surface area contributed by atoms with E-state index in [1.807, 2.05) is 0 Å². The van der Waals surface area contributed by atoms with E-state index in [2.05, 4.69) is 15.6 Å². The Hall–Kier alpha value is -0.550. The molecule has 7 heteroatoms. The lowest BCUT2D eigenvalue weighted by Crippen LogP contribution is -2.48. The van der Waals surface area contributed by atoms with Crippen LogP contribution in [-0.2, 0) is 0 Å². The van der Waals surface area contributed by atoms with Gasteiger partial charge in [0.15, 0.2) is 0 Å². The fraction of sp³-hybridized carbons (Fsp3) is 0.400. The van der Waals surface area contributed by atoms with Crippen LogP contribution in [0.4, 0.5) is 0 Å². The van der Waals surface area contributed by atoms with Crippen LogP contribution >= 0.6 is 36.4 Å². The summed E-state index contributed by atoms with van der Waals surface area (Å²) in [6.45, 7) is 2.67. The van der Waals surface area contributed by atoms with Gasteiger partial charge in [-0.05, 0) is 12.1 Å². The van der Waals surface area contributed by atoms with E-state index in [4.69, 9.17) is 11.6 Å². The van der Waals surface area contributed by atoms with Gasteiger partial charge >= 0.3 is 0 Å². The maximum absolute atomic E-state index is 11.6. The number of carbonyl (C=O) groups excluding carboxylic acids is 1. The molecule has 0 spiro atoms. The third kappa shape index (κ3) is 4.68. The SMILES string of the molecule is Cl.Cl.O=C(NCC1CNC1)c1ccc(Cl)cn1. The van der Waals surface area contributed by atoms with Gasteiger partial charge in [0.2, 0.25) is 0 Å². The number of nitrogens with zero attached hydrogens (tertiary/aromatic N) is 1.